The molecule has 0 aliphatic heterocycles. The van der Waals surface area contributed by atoms with Crippen LogP contribution in [0.4, 0.5) is 5.82 Å². The number of aromatic nitrogens is 2. The Kier molecular flexibility index (Phi) is 6.78. The van der Waals surface area contributed by atoms with Crippen molar-refractivity contribution >= 4 is 56.9 Å². The van der Waals surface area contributed by atoms with E-state index in [1.54, 1.807) is 36.2 Å². The largest absolute Gasteiger partial charge is 0.497 e. The van der Waals surface area contributed by atoms with Crippen molar-refractivity contribution < 1.29 is 9.53 Å². The van der Waals surface area contributed by atoms with E-state index in [0.717, 1.165) is 16.9 Å². The average Bonchev–Trinajstić information content (AvgIpc) is 3.01. The van der Waals surface area contributed by atoms with Crippen LogP contribution >= 0.6 is 39.1 Å². The first kappa shape index (κ1) is 20.5. The lowest BCUT2D eigenvalue weighted by Crippen LogP contribution is -2.09. The van der Waals surface area contributed by atoms with E-state index in [9.17, 15) is 4.79 Å². The lowest BCUT2D eigenvalue weighted by molar-refractivity contribution is -0.111. The molecule has 3 rings (SSSR count). The summed E-state index contributed by atoms with van der Waals surface area (Å²) in [6.07, 6.45) is 4.93. The molecule has 0 bridgehead atoms. The number of nitrogens with zero attached hydrogens (tertiary/aromatic N) is 2. The fourth-order valence-electron chi connectivity index (χ4n) is 2.43. The maximum absolute atomic E-state index is 12.2. The molecule has 28 heavy (non-hydrogen) atoms. The van der Waals surface area contributed by atoms with Crippen molar-refractivity contribution in [2.24, 2.45) is 0 Å². The van der Waals surface area contributed by atoms with Gasteiger partial charge in [0.2, 0.25) is 5.91 Å². The van der Waals surface area contributed by atoms with Crippen LogP contribution in [0, 0.1) is 0 Å². The van der Waals surface area contributed by atoms with Gasteiger partial charge < -0.3 is 10.1 Å². The molecular weight excluding hydrogens is 465 g/mol. The number of carbonyl (C=O) groups is 1. The van der Waals surface area contributed by atoms with Crippen molar-refractivity contribution in [3.05, 3.63) is 80.4 Å². The van der Waals surface area contributed by atoms with Crippen molar-refractivity contribution in [3.8, 4) is 5.75 Å². The van der Waals surface area contributed by atoms with Crippen LogP contribution < -0.4 is 10.1 Å². The summed E-state index contributed by atoms with van der Waals surface area (Å²) in [6.45, 7) is 0.451. The van der Waals surface area contributed by atoms with Gasteiger partial charge in [-0.2, -0.15) is 5.10 Å². The molecule has 0 unspecified atom stereocenters. The number of anilines is 1. The first-order valence-corrected chi connectivity index (χ1v) is 9.79. The van der Waals surface area contributed by atoms with Gasteiger partial charge in [0.15, 0.2) is 5.82 Å². The van der Waals surface area contributed by atoms with E-state index in [1.807, 2.05) is 30.3 Å². The van der Waals surface area contributed by atoms with Crippen LogP contribution in [-0.2, 0) is 11.3 Å². The lowest BCUT2D eigenvalue weighted by Gasteiger charge is -2.05. The van der Waals surface area contributed by atoms with Crippen LogP contribution in [0.15, 0.2) is 59.2 Å². The highest BCUT2D eigenvalue weighted by atomic mass is 79.9. The molecule has 5 nitrogen and oxygen atoms in total. The number of methoxy groups -OCH3 is 1. The number of hydrogen-bond donors (Lipinski definition) is 1. The van der Waals surface area contributed by atoms with Gasteiger partial charge in [-0.25, -0.2) is 0 Å². The van der Waals surface area contributed by atoms with Gasteiger partial charge in [0.25, 0.3) is 0 Å². The molecule has 8 heteroatoms. The summed E-state index contributed by atoms with van der Waals surface area (Å²) in [5, 5.41) is 8.27. The maximum Gasteiger partial charge on any atom is 0.249 e. The molecule has 144 valence electrons. The summed E-state index contributed by atoms with van der Waals surface area (Å²) >= 11 is 15.5. The fraction of sp³-hybridized carbons (Fsp3) is 0.100. The molecule has 1 amide bonds. The van der Waals surface area contributed by atoms with E-state index in [-0.39, 0.29) is 5.91 Å². The molecule has 0 spiro atoms. The van der Waals surface area contributed by atoms with E-state index in [1.165, 1.54) is 6.08 Å². The van der Waals surface area contributed by atoms with E-state index in [0.29, 0.717) is 26.9 Å². The zero-order valence-electron chi connectivity index (χ0n) is 14.8. The Morgan fingerprint density at radius 2 is 2.00 bits per heavy atom. The van der Waals surface area contributed by atoms with Crippen LogP contribution in [-0.4, -0.2) is 22.8 Å². The van der Waals surface area contributed by atoms with Gasteiger partial charge in [0.05, 0.1) is 18.1 Å². The van der Waals surface area contributed by atoms with Crippen LogP contribution in [0.1, 0.15) is 11.1 Å². The molecule has 2 aromatic carbocycles. The molecule has 1 N–H and O–H groups in total. The topological polar surface area (TPSA) is 56.1 Å². The second-order valence-electron chi connectivity index (χ2n) is 5.85. The summed E-state index contributed by atoms with van der Waals surface area (Å²) < 4.78 is 7.46. The summed E-state index contributed by atoms with van der Waals surface area (Å²) in [4.78, 5) is 12.2. The second kappa shape index (κ2) is 9.28. The van der Waals surface area contributed by atoms with Gasteiger partial charge in [-0.05, 0) is 57.4 Å². The Hall–Kier alpha value is -2.28. The molecule has 3 aromatic rings. The number of benzene rings is 2. The molecule has 0 atom stereocenters. The van der Waals surface area contributed by atoms with Gasteiger partial charge in [-0.1, -0.05) is 41.4 Å². The van der Waals surface area contributed by atoms with Gasteiger partial charge in [-0.15, -0.1) is 0 Å². The Bertz CT molecular complexity index is 1020. The number of amides is 1. The molecule has 0 aliphatic carbocycles. The molecule has 0 radical (unpaired) electrons. The molecular formula is C20H16BrCl2N3O2. The van der Waals surface area contributed by atoms with Crippen molar-refractivity contribution in [1.82, 2.24) is 9.78 Å². The molecule has 0 aliphatic rings. The van der Waals surface area contributed by atoms with E-state index in [2.05, 4.69) is 26.3 Å². The van der Waals surface area contributed by atoms with E-state index >= 15 is 0 Å². The maximum atomic E-state index is 12.2. The second-order valence-corrected chi connectivity index (χ2v) is 7.55. The summed E-state index contributed by atoms with van der Waals surface area (Å²) in [5.41, 5.74) is 1.76. The zero-order valence-corrected chi connectivity index (χ0v) is 17.9. The first-order chi connectivity index (χ1) is 13.4. The highest BCUT2D eigenvalue weighted by Gasteiger charge is 2.10. The molecule has 1 aromatic heterocycles. The number of ether oxygens (including phenoxy) is 1. The minimum Gasteiger partial charge on any atom is -0.497 e. The molecule has 0 saturated heterocycles. The van der Waals surface area contributed by atoms with Crippen molar-refractivity contribution in [1.29, 1.82) is 0 Å². The third-order valence-electron chi connectivity index (χ3n) is 3.85. The Morgan fingerprint density at radius 1 is 1.25 bits per heavy atom. The Labute approximate surface area is 181 Å². The number of halogens is 3. The minimum atomic E-state index is -0.286. The van der Waals surface area contributed by atoms with E-state index < -0.39 is 0 Å². The van der Waals surface area contributed by atoms with Crippen LogP contribution in [0.5, 0.6) is 5.75 Å². The third-order valence-corrected chi connectivity index (χ3v) is 5.02. The van der Waals surface area contributed by atoms with Crippen molar-refractivity contribution in [2.45, 2.75) is 6.54 Å². The summed E-state index contributed by atoms with van der Waals surface area (Å²) in [7, 11) is 1.61. The van der Waals surface area contributed by atoms with Crippen molar-refractivity contribution in [2.75, 3.05) is 12.4 Å². The zero-order chi connectivity index (χ0) is 20.1. The number of carbonyl (C=O) groups excluding carboxylic acids is 1. The molecule has 0 saturated carbocycles. The van der Waals surface area contributed by atoms with Gasteiger partial charge in [-0.3, -0.25) is 9.48 Å². The van der Waals surface area contributed by atoms with Crippen molar-refractivity contribution in [3.63, 3.8) is 0 Å². The number of rotatable bonds is 6. The normalized spacial score (nSPS) is 11.0. The number of hydrogen-bond acceptors (Lipinski definition) is 3. The average molecular weight is 481 g/mol. The Balaban J connectivity index is 1.65. The third kappa shape index (κ3) is 5.38. The molecule has 1 heterocycles. The highest BCUT2D eigenvalue weighted by molar-refractivity contribution is 9.10. The predicted molar refractivity (Wildman–Crippen MR) is 116 cm³/mol. The first-order valence-electron chi connectivity index (χ1n) is 8.24. The van der Waals surface area contributed by atoms with Gasteiger partial charge in [0, 0.05) is 22.3 Å². The number of nitrogens with one attached hydrogen (secondary N) is 1. The predicted octanol–water partition coefficient (Wildman–Crippen LogP) is 5.66. The highest BCUT2D eigenvalue weighted by Crippen LogP contribution is 2.24. The standard InChI is InChI=1S/C20H16BrCl2N3O2/c1-28-16-7-2-13(3-8-16)4-9-19(27)24-20-17(21)12-26(25-20)11-14-5-6-15(22)10-18(14)23/h2-10,12H,11H2,1H3,(H,24,25,27)/b9-4+. The minimum absolute atomic E-state index is 0.286. The monoisotopic (exact) mass is 479 g/mol. The van der Waals surface area contributed by atoms with Gasteiger partial charge >= 0.3 is 0 Å². The quantitative estimate of drug-likeness (QED) is 0.463. The van der Waals surface area contributed by atoms with Crippen LogP contribution in [0.2, 0.25) is 10.0 Å². The van der Waals surface area contributed by atoms with E-state index in [4.69, 9.17) is 27.9 Å². The van der Waals surface area contributed by atoms with Gasteiger partial charge in [0.1, 0.15) is 5.75 Å². The van der Waals surface area contributed by atoms with Crippen LogP contribution in [0.3, 0.4) is 0 Å². The smallest absolute Gasteiger partial charge is 0.249 e. The summed E-state index contributed by atoms with van der Waals surface area (Å²) in [5.74, 6) is 0.901. The molecule has 0 fully saturated rings. The fourth-order valence-corrected chi connectivity index (χ4v) is 3.32. The van der Waals surface area contributed by atoms with Crippen LogP contribution in [0.25, 0.3) is 6.08 Å². The summed E-state index contributed by atoms with van der Waals surface area (Å²) in [6, 6.07) is 12.7. The lowest BCUT2D eigenvalue weighted by atomic mass is 10.2. The SMILES string of the molecule is COc1ccc(/C=C/C(=O)Nc2nn(Cc3ccc(Cl)cc3Cl)cc2Br)cc1. The Morgan fingerprint density at radius 3 is 2.68 bits per heavy atom.